The summed E-state index contributed by atoms with van der Waals surface area (Å²) in [5.41, 5.74) is 7.19. The lowest BCUT2D eigenvalue weighted by Crippen LogP contribution is -2.29. The third-order valence-electron chi connectivity index (χ3n) is 3.74. The Morgan fingerprint density at radius 1 is 1.29 bits per heavy atom. The molecular formula is C15H22N4OS. The fraction of sp³-hybridized carbons (Fsp3) is 0.467. The van der Waals surface area contributed by atoms with Crippen molar-refractivity contribution in [3.63, 3.8) is 0 Å². The van der Waals surface area contributed by atoms with E-state index < -0.39 is 0 Å². The van der Waals surface area contributed by atoms with Crippen molar-refractivity contribution < 1.29 is 4.74 Å². The van der Waals surface area contributed by atoms with Gasteiger partial charge in [-0.05, 0) is 42.4 Å². The van der Waals surface area contributed by atoms with Crippen molar-refractivity contribution in [3.8, 4) is 5.75 Å². The van der Waals surface area contributed by atoms with Gasteiger partial charge in [0.2, 0.25) is 0 Å². The maximum atomic E-state index is 5.82. The number of hydrazine groups is 1. The molecule has 0 aliphatic heterocycles. The number of methoxy groups -OCH3 is 1. The van der Waals surface area contributed by atoms with E-state index in [1.54, 1.807) is 7.11 Å². The lowest BCUT2D eigenvalue weighted by molar-refractivity contribution is 0.401. The molecule has 0 spiro atoms. The van der Waals surface area contributed by atoms with E-state index in [0.717, 1.165) is 27.4 Å². The van der Waals surface area contributed by atoms with Gasteiger partial charge in [0.1, 0.15) is 5.75 Å². The fourth-order valence-corrected chi connectivity index (χ4v) is 3.31. The van der Waals surface area contributed by atoms with Crippen molar-refractivity contribution in [2.75, 3.05) is 7.11 Å². The molecule has 1 unspecified atom stereocenters. The van der Waals surface area contributed by atoms with Crippen LogP contribution in [0.15, 0.2) is 12.1 Å². The number of hydrogen-bond acceptors (Lipinski definition) is 6. The number of aryl methyl sites for hydroxylation is 1. The molecule has 21 heavy (non-hydrogen) atoms. The first kappa shape index (κ1) is 15.9. The summed E-state index contributed by atoms with van der Waals surface area (Å²) >= 11 is 1.38. The number of nitrogens with zero attached hydrogens (tertiary/aromatic N) is 2. The third-order valence-corrected chi connectivity index (χ3v) is 4.54. The summed E-state index contributed by atoms with van der Waals surface area (Å²) in [6.45, 7) is 8.33. The zero-order valence-corrected chi connectivity index (χ0v) is 13.9. The minimum Gasteiger partial charge on any atom is -0.496 e. The van der Waals surface area contributed by atoms with Crippen molar-refractivity contribution in [2.24, 2.45) is 5.84 Å². The maximum Gasteiger partial charge on any atom is 0.127 e. The van der Waals surface area contributed by atoms with Gasteiger partial charge in [0.05, 0.1) is 23.7 Å². The lowest BCUT2D eigenvalue weighted by Gasteiger charge is -2.21. The van der Waals surface area contributed by atoms with Gasteiger partial charge < -0.3 is 4.74 Å². The monoisotopic (exact) mass is 306 g/mol. The van der Waals surface area contributed by atoms with Crippen LogP contribution in [-0.4, -0.2) is 16.7 Å². The van der Waals surface area contributed by atoms with E-state index in [0.29, 0.717) is 5.92 Å². The Morgan fingerprint density at radius 3 is 2.57 bits per heavy atom. The van der Waals surface area contributed by atoms with Gasteiger partial charge in [-0.3, -0.25) is 5.84 Å². The third kappa shape index (κ3) is 2.92. The van der Waals surface area contributed by atoms with Gasteiger partial charge >= 0.3 is 0 Å². The van der Waals surface area contributed by atoms with Gasteiger partial charge in [0.15, 0.2) is 0 Å². The second kappa shape index (κ2) is 6.51. The van der Waals surface area contributed by atoms with Crippen molar-refractivity contribution >= 4 is 11.5 Å². The minimum absolute atomic E-state index is 0.170. The Morgan fingerprint density at radius 2 is 2.00 bits per heavy atom. The van der Waals surface area contributed by atoms with Crippen molar-refractivity contribution in [2.45, 2.75) is 39.7 Å². The molecule has 1 aromatic heterocycles. The molecule has 2 rings (SSSR count). The second-order valence-corrected chi connectivity index (χ2v) is 6.19. The molecule has 0 aliphatic carbocycles. The molecule has 6 heteroatoms. The molecule has 0 saturated heterocycles. The van der Waals surface area contributed by atoms with Gasteiger partial charge in [-0.2, -0.15) is 0 Å². The molecular weight excluding hydrogens is 284 g/mol. The zero-order valence-electron chi connectivity index (χ0n) is 13.1. The summed E-state index contributed by atoms with van der Waals surface area (Å²) in [5.74, 6) is 6.98. The maximum absolute atomic E-state index is 5.82. The van der Waals surface area contributed by atoms with Crippen LogP contribution < -0.4 is 16.0 Å². The van der Waals surface area contributed by atoms with E-state index in [2.05, 4.69) is 54.8 Å². The molecule has 0 fully saturated rings. The number of benzene rings is 1. The van der Waals surface area contributed by atoms with Gasteiger partial charge in [0, 0.05) is 5.56 Å². The van der Waals surface area contributed by atoms with Crippen molar-refractivity contribution in [1.29, 1.82) is 0 Å². The van der Waals surface area contributed by atoms with Gasteiger partial charge in [0.25, 0.3) is 0 Å². The number of nitrogens with one attached hydrogen (secondary N) is 1. The van der Waals surface area contributed by atoms with Gasteiger partial charge in [-0.15, -0.1) is 5.10 Å². The van der Waals surface area contributed by atoms with E-state index in [9.17, 15) is 0 Å². The Kier molecular flexibility index (Phi) is 4.92. The highest BCUT2D eigenvalue weighted by atomic mass is 32.1. The molecule has 0 saturated carbocycles. The summed E-state index contributed by atoms with van der Waals surface area (Å²) in [6.07, 6.45) is 0. The smallest absolute Gasteiger partial charge is 0.127 e. The normalized spacial score (nSPS) is 12.7. The van der Waals surface area contributed by atoms with Crippen molar-refractivity contribution in [3.05, 3.63) is 39.4 Å². The quantitative estimate of drug-likeness (QED) is 0.656. The molecule has 0 amide bonds. The lowest BCUT2D eigenvalue weighted by atomic mass is 9.96. The van der Waals surface area contributed by atoms with Crippen LogP contribution in [0.2, 0.25) is 0 Å². The Hall–Kier alpha value is -1.50. The van der Waals surface area contributed by atoms with E-state index in [1.165, 1.54) is 17.1 Å². The van der Waals surface area contributed by atoms with Gasteiger partial charge in [-0.1, -0.05) is 30.5 Å². The first-order valence-corrected chi connectivity index (χ1v) is 7.70. The molecule has 1 heterocycles. The molecule has 114 valence electrons. The van der Waals surface area contributed by atoms with E-state index in [4.69, 9.17) is 10.6 Å². The first-order chi connectivity index (χ1) is 10.0. The predicted octanol–water partition coefficient (Wildman–Crippen LogP) is 2.84. The number of hydrogen-bond donors (Lipinski definition) is 2. The van der Waals surface area contributed by atoms with Crippen LogP contribution in [0.4, 0.5) is 0 Å². The second-order valence-electron chi connectivity index (χ2n) is 5.41. The molecule has 0 radical (unpaired) electrons. The average Bonchev–Trinajstić information content (AvgIpc) is 2.93. The highest BCUT2D eigenvalue weighted by Crippen LogP contribution is 2.37. The summed E-state index contributed by atoms with van der Waals surface area (Å²) < 4.78 is 9.69. The Balaban J connectivity index is 2.57. The number of nitrogens with two attached hydrogens (primary N) is 1. The molecule has 1 atom stereocenters. The topological polar surface area (TPSA) is 73.1 Å². The number of aromatic nitrogens is 2. The van der Waals surface area contributed by atoms with E-state index in [-0.39, 0.29) is 6.04 Å². The zero-order chi connectivity index (χ0) is 15.6. The number of ether oxygens (including phenoxy) is 1. The average molecular weight is 306 g/mol. The first-order valence-electron chi connectivity index (χ1n) is 6.93. The SMILES string of the molecule is COc1c(C(NN)c2snnc2C(C)C)ccc(C)c1C. The van der Waals surface area contributed by atoms with Crippen LogP contribution in [0.3, 0.4) is 0 Å². The molecule has 0 bridgehead atoms. The van der Waals surface area contributed by atoms with Crippen LogP contribution in [0.1, 0.15) is 53.1 Å². The summed E-state index contributed by atoms with van der Waals surface area (Å²) in [4.78, 5) is 1.04. The Bertz CT molecular complexity index is 624. The molecule has 2 aromatic rings. The summed E-state index contributed by atoms with van der Waals surface area (Å²) in [6, 6.07) is 3.97. The summed E-state index contributed by atoms with van der Waals surface area (Å²) in [7, 11) is 1.69. The van der Waals surface area contributed by atoms with Crippen LogP contribution >= 0.6 is 11.5 Å². The minimum atomic E-state index is -0.170. The molecule has 5 nitrogen and oxygen atoms in total. The van der Waals surface area contributed by atoms with Crippen LogP contribution in [0, 0.1) is 13.8 Å². The van der Waals surface area contributed by atoms with Gasteiger partial charge in [-0.25, -0.2) is 5.43 Å². The van der Waals surface area contributed by atoms with E-state index in [1.807, 2.05) is 0 Å². The molecule has 0 aliphatic rings. The summed E-state index contributed by atoms with van der Waals surface area (Å²) in [5, 5.41) is 4.24. The van der Waals surface area contributed by atoms with E-state index >= 15 is 0 Å². The Labute approximate surface area is 129 Å². The highest BCUT2D eigenvalue weighted by Gasteiger charge is 2.25. The highest BCUT2D eigenvalue weighted by molar-refractivity contribution is 7.05. The van der Waals surface area contributed by atoms with Crippen molar-refractivity contribution in [1.82, 2.24) is 15.0 Å². The molecule has 1 aromatic carbocycles. The standard InChI is InChI=1S/C15H22N4OS/c1-8(2)12-15(21-19-18-12)13(17-16)11-7-6-9(3)10(4)14(11)20-5/h6-8,13,17H,16H2,1-5H3. The largest absolute Gasteiger partial charge is 0.496 e. The van der Waals surface area contributed by atoms with Crippen LogP contribution in [-0.2, 0) is 0 Å². The van der Waals surface area contributed by atoms with Crippen LogP contribution in [0.25, 0.3) is 0 Å². The fourth-order valence-electron chi connectivity index (χ4n) is 2.42. The van der Waals surface area contributed by atoms with Crippen LogP contribution in [0.5, 0.6) is 5.75 Å². The predicted molar refractivity (Wildman–Crippen MR) is 85.6 cm³/mol. The molecule has 3 N–H and O–H groups in total. The number of rotatable bonds is 5.